The number of carbonyl (C=O) groups excluding carboxylic acids is 1. The molecule has 21 heavy (non-hydrogen) atoms. The highest BCUT2D eigenvalue weighted by Gasteiger charge is 2.69. The highest BCUT2D eigenvalue weighted by Crippen LogP contribution is 2.57. The van der Waals surface area contributed by atoms with Crippen molar-refractivity contribution in [1.29, 1.82) is 0 Å². The average Bonchev–Trinajstić information content (AvgIpc) is 2.94. The number of aliphatic carboxylic acids is 1. The predicted molar refractivity (Wildman–Crippen MR) is 78.1 cm³/mol. The predicted octanol–water partition coefficient (Wildman–Crippen LogP) is 2.77. The van der Waals surface area contributed by atoms with Crippen molar-refractivity contribution in [2.45, 2.75) is 44.8 Å². The zero-order chi connectivity index (χ0) is 15.8. The van der Waals surface area contributed by atoms with Gasteiger partial charge in [0.1, 0.15) is 5.60 Å². The molecule has 5 nitrogen and oxygen atoms in total. The lowest BCUT2D eigenvalue weighted by molar-refractivity contribution is -0.141. The monoisotopic (exact) mass is 291 g/mol. The van der Waals surface area contributed by atoms with Gasteiger partial charge in [-0.2, -0.15) is 0 Å². The third-order valence-corrected chi connectivity index (χ3v) is 3.82. The highest BCUT2D eigenvalue weighted by molar-refractivity contribution is 5.90. The van der Waals surface area contributed by atoms with E-state index < -0.39 is 23.2 Å². The molecule has 0 saturated heterocycles. The summed E-state index contributed by atoms with van der Waals surface area (Å²) < 4.78 is 5.18. The first kappa shape index (κ1) is 15.4. The van der Waals surface area contributed by atoms with Gasteiger partial charge in [0.25, 0.3) is 0 Å². The van der Waals surface area contributed by atoms with Crippen LogP contribution < -0.4 is 5.32 Å². The van der Waals surface area contributed by atoms with E-state index in [1.165, 1.54) is 0 Å². The standard InChI is InChI=1S/C16H21NO4/c1-10-12(11-8-6-5-7-9-11)16(10,13(18)19)17-14(20)21-15(2,3)4/h5-10,12H,1-4H3,(H,17,20)(H,18,19)/t10-,12?,16-/m0/s1. The van der Waals surface area contributed by atoms with Gasteiger partial charge in [-0.3, -0.25) is 0 Å². The molecule has 2 rings (SSSR count). The van der Waals surface area contributed by atoms with Gasteiger partial charge in [0.15, 0.2) is 5.54 Å². The number of carboxylic acids is 1. The molecule has 0 spiro atoms. The van der Waals surface area contributed by atoms with E-state index in [2.05, 4.69) is 5.32 Å². The Morgan fingerprint density at radius 1 is 1.24 bits per heavy atom. The van der Waals surface area contributed by atoms with Crippen molar-refractivity contribution < 1.29 is 19.4 Å². The van der Waals surface area contributed by atoms with E-state index in [-0.39, 0.29) is 11.8 Å². The van der Waals surface area contributed by atoms with Crippen LogP contribution in [0.4, 0.5) is 4.79 Å². The summed E-state index contributed by atoms with van der Waals surface area (Å²) in [6, 6.07) is 9.35. The topological polar surface area (TPSA) is 75.6 Å². The Labute approximate surface area is 124 Å². The fourth-order valence-electron chi connectivity index (χ4n) is 2.82. The summed E-state index contributed by atoms with van der Waals surface area (Å²) in [6.07, 6.45) is -0.699. The van der Waals surface area contributed by atoms with Crippen LogP contribution in [0.3, 0.4) is 0 Å². The van der Waals surface area contributed by atoms with Crippen molar-refractivity contribution >= 4 is 12.1 Å². The van der Waals surface area contributed by atoms with E-state index in [1.54, 1.807) is 20.8 Å². The molecule has 0 radical (unpaired) electrons. The second kappa shape index (κ2) is 5.06. The second-order valence-electron chi connectivity index (χ2n) is 6.48. The Morgan fingerprint density at radius 3 is 2.29 bits per heavy atom. The van der Waals surface area contributed by atoms with Crippen molar-refractivity contribution in [3.05, 3.63) is 35.9 Å². The number of carboxylic acid groups (broad SMARTS) is 1. The molecule has 1 amide bonds. The van der Waals surface area contributed by atoms with Gasteiger partial charge < -0.3 is 15.2 Å². The molecule has 1 aliphatic carbocycles. The van der Waals surface area contributed by atoms with Crippen molar-refractivity contribution in [2.24, 2.45) is 5.92 Å². The van der Waals surface area contributed by atoms with Crippen LogP contribution in [0.2, 0.25) is 0 Å². The SMILES string of the molecule is C[C@H]1C(c2ccccc2)[C@]1(NC(=O)OC(C)(C)C)C(=O)O. The van der Waals surface area contributed by atoms with Crippen LogP contribution >= 0.6 is 0 Å². The zero-order valence-corrected chi connectivity index (χ0v) is 12.7. The molecule has 114 valence electrons. The van der Waals surface area contributed by atoms with Gasteiger partial charge in [0.2, 0.25) is 0 Å². The van der Waals surface area contributed by atoms with Crippen molar-refractivity contribution in [3.63, 3.8) is 0 Å². The van der Waals surface area contributed by atoms with Gasteiger partial charge in [-0.1, -0.05) is 37.3 Å². The highest BCUT2D eigenvalue weighted by atomic mass is 16.6. The molecule has 0 bridgehead atoms. The minimum Gasteiger partial charge on any atom is -0.479 e. The summed E-state index contributed by atoms with van der Waals surface area (Å²) in [6.45, 7) is 7.05. The van der Waals surface area contributed by atoms with Gasteiger partial charge >= 0.3 is 12.1 Å². The van der Waals surface area contributed by atoms with E-state index in [4.69, 9.17) is 4.74 Å². The Hall–Kier alpha value is -2.04. The van der Waals surface area contributed by atoms with Crippen LogP contribution in [0, 0.1) is 5.92 Å². The molecule has 1 aromatic rings. The molecule has 1 unspecified atom stereocenters. The van der Waals surface area contributed by atoms with Gasteiger partial charge in [-0.25, -0.2) is 9.59 Å². The van der Waals surface area contributed by atoms with Crippen LogP contribution in [0.15, 0.2) is 30.3 Å². The number of hydrogen-bond acceptors (Lipinski definition) is 3. The molecular weight excluding hydrogens is 270 g/mol. The molecule has 2 N–H and O–H groups in total. The number of benzene rings is 1. The van der Waals surface area contributed by atoms with E-state index >= 15 is 0 Å². The molecule has 1 aliphatic rings. The third kappa shape index (κ3) is 2.86. The molecule has 1 fully saturated rings. The van der Waals surface area contributed by atoms with Gasteiger partial charge in [0.05, 0.1) is 0 Å². The van der Waals surface area contributed by atoms with E-state index in [0.29, 0.717) is 0 Å². The van der Waals surface area contributed by atoms with Crippen LogP contribution in [0.25, 0.3) is 0 Å². The summed E-state index contributed by atoms with van der Waals surface area (Å²) >= 11 is 0. The molecule has 0 heterocycles. The van der Waals surface area contributed by atoms with Gasteiger partial charge in [-0.15, -0.1) is 0 Å². The maximum atomic E-state index is 11.9. The molecule has 0 aliphatic heterocycles. The van der Waals surface area contributed by atoms with Crippen LogP contribution in [-0.2, 0) is 9.53 Å². The molecule has 3 atom stereocenters. The number of hydrogen-bond donors (Lipinski definition) is 2. The van der Waals surface area contributed by atoms with Crippen LogP contribution in [0.1, 0.15) is 39.2 Å². The second-order valence-corrected chi connectivity index (χ2v) is 6.48. The smallest absolute Gasteiger partial charge is 0.408 e. The first-order valence-corrected chi connectivity index (χ1v) is 6.98. The minimum absolute atomic E-state index is 0.190. The number of alkyl carbamates (subject to hydrolysis) is 1. The summed E-state index contributed by atoms with van der Waals surface area (Å²) in [4.78, 5) is 23.7. The summed E-state index contributed by atoms with van der Waals surface area (Å²) in [5.41, 5.74) is -1.04. The number of nitrogens with one attached hydrogen (secondary N) is 1. The molecule has 0 aromatic heterocycles. The van der Waals surface area contributed by atoms with Crippen LogP contribution in [0.5, 0.6) is 0 Å². The first-order valence-electron chi connectivity index (χ1n) is 6.98. The Morgan fingerprint density at radius 2 is 1.81 bits per heavy atom. The molecule has 1 saturated carbocycles. The quantitative estimate of drug-likeness (QED) is 0.898. The van der Waals surface area contributed by atoms with E-state index in [1.807, 2.05) is 37.3 Å². The summed E-state index contributed by atoms with van der Waals surface area (Å²) in [5, 5.41) is 12.1. The number of ether oxygens (including phenoxy) is 1. The Balaban J connectivity index is 2.21. The average molecular weight is 291 g/mol. The van der Waals surface area contributed by atoms with Crippen LogP contribution in [-0.4, -0.2) is 28.3 Å². The molecule has 1 aromatic carbocycles. The van der Waals surface area contributed by atoms with Crippen molar-refractivity contribution in [2.75, 3.05) is 0 Å². The van der Waals surface area contributed by atoms with E-state index in [9.17, 15) is 14.7 Å². The molecular formula is C16H21NO4. The lowest BCUT2D eigenvalue weighted by Gasteiger charge is -2.22. The number of rotatable bonds is 3. The molecule has 5 heteroatoms. The summed E-state index contributed by atoms with van der Waals surface area (Å²) in [7, 11) is 0. The Bertz CT molecular complexity index is 549. The Kier molecular flexibility index (Phi) is 3.70. The maximum absolute atomic E-state index is 11.9. The third-order valence-electron chi connectivity index (χ3n) is 3.82. The lowest BCUT2D eigenvalue weighted by atomic mass is 10.1. The zero-order valence-electron chi connectivity index (χ0n) is 12.7. The number of carbonyl (C=O) groups is 2. The summed E-state index contributed by atoms with van der Waals surface area (Å²) in [5.74, 6) is -1.47. The largest absolute Gasteiger partial charge is 0.479 e. The first-order chi connectivity index (χ1) is 9.68. The van der Waals surface area contributed by atoms with Gasteiger partial charge in [-0.05, 0) is 26.3 Å². The van der Waals surface area contributed by atoms with Crippen molar-refractivity contribution in [1.82, 2.24) is 5.32 Å². The van der Waals surface area contributed by atoms with E-state index in [0.717, 1.165) is 5.56 Å². The fraction of sp³-hybridized carbons (Fsp3) is 0.500. The minimum atomic E-state index is -1.29. The maximum Gasteiger partial charge on any atom is 0.408 e. The number of amides is 1. The fourth-order valence-corrected chi connectivity index (χ4v) is 2.82. The normalized spacial score (nSPS) is 27.8. The van der Waals surface area contributed by atoms with Crippen molar-refractivity contribution in [3.8, 4) is 0 Å². The van der Waals surface area contributed by atoms with Gasteiger partial charge in [0, 0.05) is 11.8 Å². The lowest BCUT2D eigenvalue weighted by Crippen LogP contribution is -2.47.